The summed E-state index contributed by atoms with van der Waals surface area (Å²) < 4.78 is 24.5. The van der Waals surface area contributed by atoms with Gasteiger partial charge in [-0.25, -0.2) is 8.78 Å². The molecule has 0 bridgehead atoms. The zero-order valence-electron chi connectivity index (χ0n) is 8.82. The predicted molar refractivity (Wildman–Crippen MR) is 50.9 cm³/mol. The standard InChI is InChI=1S/C11H20F2/c1-4-11(3,5-2)9-6-8(7-9)10(12)13/h8-10H,4-7H2,1-3H3. The second kappa shape index (κ2) is 3.93. The van der Waals surface area contributed by atoms with Crippen LogP contribution in [-0.4, -0.2) is 6.43 Å². The molecule has 1 aliphatic rings. The fourth-order valence-electron chi connectivity index (χ4n) is 2.26. The van der Waals surface area contributed by atoms with Crippen LogP contribution in [0.2, 0.25) is 0 Å². The Morgan fingerprint density at radius 1 is 1.23 bits per heavy atom. The van der Waals surface area contributed by atoms with Crippen LogP contribution in [0.3, 0.4) is 0 Å². The van der Waals surface area contributed by atoms with Gasteiger partial charge in [-0.3, -0.25) is 0 Å². The van der Waals surface area contributed by atoms with E-state index in [0.717, 1.165) is 25.7 Å². The van der Waals surface area contributed by atoms with E-state index in [2.05, 4.69) is 20.8 Å². The summed E-state index contributed by atoms with van der Waals surface area (Å²) in [4.78, 5) is 0. The second-order valence-electron chi connectivity index (χ2n) is 4.62. The summed E-state index contributed by atoms with van der Waals surface area (Å²) in [7, 11) is 0. The van der Waals surface area contributed by atoms with Crippen LogP contribution in [0.4, 0.5) is 8.78 Å². The summed E-state index contributed by atoms with van der Waals surface area (Å²) in [6.45, 7) is 6.57. The highest BCUT2D eigenvalue weighted by molar-refractivity contribution is 4.91. The Labute approximate surface area is 79.7 Å². The van der Waals surface area contributed by atoms with E-state index < -0.39 is 6.43 Å². The molecule has 0 N–H and O–H groups in total. The molecule has 0 heterocycles. The van der Waals surface area contributed by atoms with Crippen LogP contribution in [0, 0.1) is 17.3 Å². The highest BCUT2D eigenvalue weighted by atomic mass is 19.3. The molecule has 1 fully saturated rings. The molecule has 0 radical (unpaired) electrons. The van der Waals surface area contributed by atoms with E-state index in [-0.39, 0.29) is 5.92 Å². The van der Waals surface area contributed by atoms with Crippen LogP contribution < -0.4 is 0 Å². The number of hydrogen-bond donors (Lipinski definition) is 0. The lowest BCUT2D eigenvalue weighted by Crippen LogP contribution is -2.39. The lowest BCUT2D eigenvalue weighted by atomic mass is 9.59. The Hall–Kier alpha value is -0.140. The number of hydrogen-bond acceptors (Lipinski definition) is 0. The zero-order chi connectivity index (χ0) is 10.1. The molecule has 0 atom stereocenters. The number of rotatable bonds is 4. The molecule has 0 amide bonds. The van der Waals surface area contributed by atoms with E-state index in [1.807, 2.05) is 0 Å². The number of alkyl halides is 2. The first-order valence-electron chi connectivity index (χ1n) is 5.31. The maximum atomic E-state index is 12.2. The van der Waals surface area contributed by atoms with Gasteiger partial charge in [0.05, 0.1) is 0 Å². The van der Waals surface area contributed by atoms with Crippen molar-refractivity contribution < 1.29 is 8.78 Å². The minimum absolute atomic E-state index is 0.303. The summed E-state index contributed by atoms with van der Waals surface area (Å²) in [6.07, 6.45) is 1.63. The molecule has 0 aromatic carbocycles. The summed E-state index contributed by atoms with van der Waals surface area (Å²) in [5.41, 5.74) is 0.311. The first-order chi connectivity index (χ1) is 6.03. The first kappa shape index (κ1) is 10.9. The largest absolute Gasteiger partial charge is 0.241 e. The van der Waals surface area contributed by atoms with Gasteiger partial charge in [0.15, 0.2) is 0 Å². The molecule has 13 heavy (non-hydrogen) atoms. The topological polar surface area (TPSA) is 0 Å². The van der Waals surface area contributed by atoms with Crippen molar-refractivity contribution in [1.29, 1.82) is 0 Å². The molecule has 0 unspecified atom stereocenters. The fourth-order valence-corrected chi connectivity index (χ4v) is 2.26. The quantitative estimate of drug-likeness (QED) is 0.626. The molecular weight excluding hydrogens is 170 g/mol. The van der Waals surface area contributed by atoms with Gasteiger partial charge in [0.1, 0.15) is 0 Å². The molecule has 78 valence electrons. The lowest BCUT2D eigenvalue weighted by molar-refractivity contribution is -0.0451. The molecule has 0 saturated heterocycles. The molecule has 0 aliphatic heterocycles. The molecule has 0 spiro atoms. The van der Waals surface area contributed by atoms with Gasteiger partial charge in [0.25, 0.3) is 0 Å². The van der Waals surface area contributed by atoms with E-state index in [9.17, 15) is 8.78 Å². The molecule has 0 nitrogen and oxygen atoms in total. The highest BCUT2D eigenvalue weighted by Crippen LogP contribution is 2.50. The van der Waals surface area contributed by atoms with Gasteiger partial charge < -0.3 is 0 Å². The van der Waals surface area contributed by atoms with Crippen LogP contribution in [0.25, 0.3) is 0 Å². The molecule has 0 aromatic heterocycles. The van der Waals surface area contributed by atoms with Crippen molar-refractivity contribution in [2.45, 2.75) is 52.9 Å². The summed E-state index contributed by atoms with van der Waals surface area (Å²) >= 11 is 0. The van der Waals surface area contributed by atoms with Crippen LogP contribution >= 0.6 is 0 Å². The molecule has 0 aromatic rings. The minimum Gasteiger partial charge on any atom is -0.210 e. The average molecular weight is 190 g/mol. The molecule has 1 saturated carbocycles. The van der Waals surface area contributed by atoms with E-state index in [1.165, 1.54) is 0 Å². The van der Waals surface area contributed by atoms with Gasteiger partial charge in [-0.15, -0.1) is 0 Å². The Kier molecular flexibility index (Phi) is 3.31. The summed E-state index contributed by atoms with van der Waals surface area (Å²) in [6, 6.07) is 0. The second-order valence-corrected chi connectivity index (χ2v) is 4.62. The van der Waals surface area contributed by atoms with Crippen molar-refractivity contribution in [2.75, 3.05) is 0 Å². The van der Waals surface area contributed by atoms with Crippen molar-refractivity contribution in [3.8, 4) is 0 Å². The van der Waals surface area contributed by atoms with Gasteiger partial charge >= 0.3 is 0 Å². The van der Waals surface area contributed by atoms with E-state index in [1.54, 1.807) is 0 Å². The Morgan fingerprint density at radius 2 is 1.69 bits per heavy atom. The monoisotopic (exact) mass is 190 g/mol. The smallest absolute Gasteiger partial charge is 0.210 e. The average Bonchev–Trinajstić information content (AvgIpc) is 2.00. The maximum absolute atomic E-state index is 12.2. The Bertz CT molecular complexity index is 155. The summed E-state index contributed by atoms with van der Waals surface area (Å²) in [5, 5.41) is 0. The Morgan fingerprint density at radius 3 is 2.00 bits per heavy atom. The third kappa shape index (κ3) is 2.03. The zero-order valence-corrected chi connectivity index (χ0v) is 8.82. The molecular formula is C11H20F2. The van der Waals surface area contributed by atoms with Gasteiger partial charge in [0, 0.05) is 5.92 Å². The van der Waals surface area contributed by atoms with Crippen LogP contribution in [0.5, 0.6) is 0 Å². The fraction of sp³-hybridized carbons (Fsp3) is 1.00. The van der Waals surface area contributed by atoms with E-state index in [4.69, 9.17) is 0 Å². The third-order valence-corrected chi connectivity index (χ3v) is 4.13. The molecule has 2 heteroatoms. The van der Waals surface area contributed by atoms with Gasteiger partial charge in [-0.2, -0.15) is 0 Å². The van der Waals surface area contributed by atoms with Crippen molar-refractivity contribution >= 4 is 0 Å². The first-order valence-corrected chi connectivity index (χ1v) is 5.31. The maximum Gasteiger partial charge on any atom is 0.241 e. The van der Waals surface area contributed by atoms with Crippen molar-refractivity contribution in [3.63, 3.8) is 0 Å². The minimum atomic E-state index is -2.09. The van der Waals surface area contributed by atoms with Crippen molar-refractivity contribution in [3.05, 3.63) is 0 Å². The van der Waals surface area contributed by atoms with Gasteiger partial charge in [-0.1, -0.05) is 33.6 Å². The van der Waals surface area contributed by atoms with E-state index >= 15 is 0 Å². The van der Waals surface area contributed by atoms with E-state index in [0.29, 0.717) is 11.3 Å². The molecule has 1 aliphatic carbocycles. The van der Waals surface area contributed by atoms with Crippen molar-refractivity contribution in [2.24, 2.45) is 17.3 Å². The highest BCUT2D eigenvalue weighted by Gasteiger charge is 2.43. The van der Waals surface area contributed by atoms with Crippen LogP contribution in [0.1, 0.15) is 46.5 Å². The van der Waals surface area contributed by atoms with Crippen molar-refractivity contribution in [1.82, 2.24) is 0 Å². The number of halogens is 2. The normalized spacial score (nSPS) is 29.1. The predicted octanol–water partition coefficient (Wildman–Crippen LogP) is 4.10. The molecule has 1 rings (SSSR count). The summed E-state index contributed by atoms with van der Waals surface area (Å²) in [5.74, 6) is 0.240. The lowest BCUT2D eigenvalue weighted by Gasteiger charge is -2.46. The SMILES string of the molecule is CCC(C)(CC)C1CC(C(F)F)C1. The van der Waals surface area contributed by atoms with Crippen LogP contribution in [-0.2, 0) is 0 Å². The van der Waals surface area contributed by atoms with Crippen LogP contribution in [0.15, 0.2) is 0 Å². The van der Waals surface area contributed by atoms with Gasteiger partial charge in [0.2, 0.25) is 6.43 Å². The Balaban J connectivity index is 2.41. The van der Waals surface area contributed by atoms with Gasteiger partial charge in [-0.05, 0) is 24.2 Å². The third-order valence-electron chi connectivity index (χ3n) is 4.13.